The largest absolute Gasteiger partial charge is 0.507 e. The first-order valence-electron chi connectivity index (χ1n) is 9.09. The zero-order valence-corrected chi connectivity index (χ0v) is 16.3. The molecule has 0 unspecified atom stereocenters. The summed E-state index contributed by atoms with van der Waals surface area (Å²) >= 11 is 0. The van der Waals surface area contributed by atoms with E-state index in [0.29, 0.717) is 5.69 Å². The SMILES string of the molecule is CC(C)c1ccc(-n2c(O)c(C=NNC(=O)c3ccccc3O)c(=O)[nH]c2=O)cc1. The lowest BCUT2D eigenvalue weighted by Gasteiger charge is -2.11. The highest BCUT2D eigenvalue weighted by Crippen LogP contribution is 2.19. The Labute approximate surface area is 171 Å². The molecule has 1 amide bonds. The van der Waals surface area contributed by atoms with Gasteiger partial charge in [-0.2, -0.15) is 5.10 Å². The number of benzene rings is 2. The Balaban J connectivity index is 1.92. The summed E-state index contributed by atoms with van der Waals surface area (Å²) in [6, 6.07) is 12.8. The molecule has 4 N–H and O–H groups in total. The normalized spacial score (nSPS) is 11.2. The second kappa shape index (κ2) is 8.48. The summed E-state index contributed by atoms with van der Waals surface area (Å²) in [5.74, 6) is -1.28. The van der Waals surface area contributed by atoms with Crippen LogP contribution in [-0.2, 0) is 0 Å². The van der Waals surface area contributed by atoms with Gasteiger partial charge >= 0.3 is 5.69 Å². The van der Waals surface area contributed by atoms with Crippen LogP contribution in [0.4, 0.5) is 0 Å². The fourth-order valence-electron chi connectivity index (χ4n) is 2.78. The lowest BCUT2D eigenvalue weighted by molar-refractivity contribution is 0.0952. The van der Waals surface area contributed by atoms with E-state index < -0.39 is 23.0 Å². The Hall–Kier alpha value is -4.14. The third-order valence-corrected chi connectivity index (χ3v) is 4.45. The van der Waals surface area contributed by atoms with Crippen LogP contribution in [0.5, 0.6) is 11.6 Å². The van der Waals surface area contributed by atoms with Crippen molar-refractivity contribution in [2.24, 2.45) is 5.10 Å². The molecule has 0 bridgehead atoms. The van der Waals surface area contributed by atoms with Gasteiger partial charge in [0.1, 0.15) is 11.3 Å². The van der Waals surface area contributed by atoms with Gasteiger partial charge in [-0.25, -0.2) is 14.8 Å². The highest BCUT2D eigenvalue weighted by molar-refractivity contribution is 5.97. The maximum atomic E-state index is 12.2. The number of hydrogen-bond donors (Lipinski definition) is 4. The standard InChI is InChI=1S/C21H20N4O5/c1-12(2)13-7-9-14(10-8-13)25-20(29)16(18(27)23-21(25)30)11-22-24-19(28)15-5-3-4-6-17(15)26/h3-12,26,29H,1-2H3,(H,24,28)(H,23,27,30). The van der Waals surface area contributed by atoms with E-state index in [1.807, 2.05) is 26.0 Å². The van der Waals surface area contributed by atoms with Crippen molar-refractivity contribution in [2.45, 2.75) is 19.8 Å². The molecule has 0 aliphatic carbocycles. The van der Waals surface area contributed by atoms with Gasteiger partial charge in [0, 0.05) is 0 Å². The Morgan fingerprint density at radius 1 is 1.10 bits per heavy atom. The third-order valence-electron chi connectivity index (χ3n) is 4.45. The zero-order chi connectivity index (χ0) is 21.8. The molecule has 9 nitrogen and oxygen atoms in total. The third kappa shape index (κ3) is 4.14. The average molecular weight is 408 g/mol. The summed E-state index contributed by atoms with van der Waals surface area (Å²) in [5.41, 5.74) is 1.54. The second-order valence-electron chi connectivity index (χ2n) is 6.79. The highest BCUT2D eigenvalue weighted by Gasteiger charge is 2.15. The summed E-state index contributed by atoms with van der Waals surface area (Å²) in [7, 11) is 0. The molecule has 1 aromatic heterocycles. The number of hydrogen-bond acceptors (Lipinski definition) is 6. The van der Waals surface area contributed by atoms with Gasteiger partial charge in [-0.05, 0) is 35.7 Å². The zero-order valence-electron chi connectivity index (χ0n) is 16.3. The van der Waals surface area contributed by atoms with Crippen molar-refractivity contribution in [1.82, 2.24) is 15.0 Å². The fourth-order valence-corrected chi connectivity index (χ4v) is 2.78. The lowest BCUT2D eigenvalue weighted by atomic mass is 10.0. The molecule has 0 aliphatic rings. The van der Waals surface area contributed by atoms with Gasteiger partial charge in [-0.15, -0.1) is 0 Å². The number of hydrazone groups is 1. The topological polar surface area (TPSA) is 137 Å². The van der Waals surface area contributed by atoms with Gasteiger partial charge < -0.3 is 10.2 Å². The van der Waals surface area contributed by atoms with Gasteiger partial charge in [0.05, 0.1) is 17.5 Å². The van der Waals surface area contributed by atoms with E-state index in [4.69, 9.17) is 0 Å². The van der Waals surface area contributed by atoms with E-state index in [0.717, 1.165) is 16.3 Å². The van der Waals surface area contributed by atoms with E-state index in [9.17, 15) is 24.6 Å². The number of aromatic amines is 1. The van der Waals surface area contributed by atoms with Gasteiger partial charge in [-0.1, -0.05) is 38.1 Å². The number of aromatic hydroxyl groups is 2. The van der Waals surface area contributed by atoms with Crippen molar-refractivity contribution < 1.29 is 15.0 Å². The molecule has 0 spiro atoms. The van der Waals surface area contributed by atoms with Crippen LogP contribution < -0.4 is 16.7 Å². The van der Waals surface area contributed by atoms with E-state index in [1.165, 1.54) is 12.1 Å². The number of phenols is 1. The predicted molar refractivity (Wildman–Crippen MR) is 112 cm³/mol. The van der Waals surface area contributed by atoms with E-state index in [2.05, 4.69) is 15.5 Å². The van der Waals surface area contributed by atoms with Crippen LogP contribution in [0.15, 0.2) is 63.2 Å². The number of nitrogens with zero attached hydrogens (tertiary/aromatic N) is 2. The summed E-state index contributed by atoms with van der Waals surface area (Å²) in [4.78, 5) is 38.5. The molecule has 2 aromatic carbocycles. The number of rotatable bonds is 5. The summed E-state index contributed by atoms with van der Waals surface area (Å²) in [6.45, 7) is 4.05. The van der Waals surface area contributed by atoms with Crippen molar-refractivity contribution in [3.05, 3.63) is 86.1 Å². The van der Waals surface area contributed by atoms with Crippen LogP contribution in [0.2, 0.25) is 0 Å². The maximum Gasteiger partial charge on any atom is 0.335 e. The Kier molecular flexibility index (Phi) is 5.82. The molecule has 154 valence electrons. The minimum Gasteiger partial charge on any atom is -0.507 e. The predicted octanol–water partition coefficient (Wildman–Crippen LogP) is 1.82. The second-order valence-corrected chi connectivity index (χ2v) is 6.79. The molecule has 30 heavy (non-hydrogen) atoms. The van der Waals surface area contributed by atoms with Crippen LogP contribution in [-0.4, -0.2) is 31.9 Å². The quantitative estimate of drug-likeness (QED) is 0.377. The monoisotopic (exact) mass is 408 g/mol. The smallest absolute Gasteiger partial charge is 0.335 e. The van der Waals surface area contributed by atoms with Crippen molar-refractivity contribution in [2.75, 3.05) is 0 Å². The first-order valence-corrected chi connectivity index (χ1v) is 9.09. The molecule has 1 heterocycles. The minimum absolute atomic E-state index is 0.0111. The van der Waals surface area contributed by atoms with Crippen LogP contribution in [0.3, 0.4) is 0 Å². The number of amides is 1. The van der Waals surface area contributed by atoms with Crippen LogP contribution in [0, 0.1) is 0 Å². The molecule has 0 aliphatic heterocycles. The van der Waals surface area contributed by atoms with Crippen LogP contribution >= 0.6 is 0 Å². The summed E-state index contributed by atoms with van der Waals surface area (Å²) < 4.78 is 0.928. The van der Waals surface area contributed by atoms with Gasteiger partial charge in [0.2, 0.25) is 5.88 Å². The molecule has 0 radical (unpaired) electrons. The fraction of sp³-hybridized carbons (Fsp3) is 0.143. The first-order chi connectivity index (χ1) is 14.3. The number of para-hydroxylation sites is 1. The van der Waals surface area contributed by atoms with Gasteiger partial charge in [0.25, 0.3) is 11.5 Å². The molecule has 3 rings (SSSR count). The van der Waals surface area contributed by atoms with Gasteiger partial charge in [-0.3, -0.25) is 14.6 Å². The molecular weight excluding hydrogens is 388 g/mol. The summed E-state index contributed by atoms with van der Waals surface area (Å²) in [6.07, 6.45) is 0.921. The number of carbonyl (C=O) groups excluding carboxylic acids is 1. The maximum absolute atomic E-state index is 12.2. The van der Waals surface area contributed by atoms with E-state index in [1.54, 1.807) is 24.3 Å². The van der Waals surface area contributed by atoms with Crippen molar-refractivity contribution >= 4 is 12.1 Å². The molecule has 0 saturated heterocycles. The average Bonchev–Trinajstić information content (AvgIpc) is 2.70. The number of carbonyl (C=O) groups is 1. The molecular formula is C21H20N4O5. The molecule has 0 saturated carbocycles. The van der Waals surface area contributed by atoms with Crippen molar-refractivity contribution in [3.8, 4) is 17.3 Å². The van der Waals surface area contributed by atoms with Gasteiger partial charge in [0.15, 0.2) is 0 Å². The van der Waals surface area contributed by atoms with Crippen LogP contribution in [0.25, 0.3) is 5.69 Å². The van der Waals surface area contributed by atoms with Crippen molar-refractivity contribution in [3.63, 3.8) is 0 Å². The van der Waals surface area contributed by atoms with E-state index in [-0.39, 0.29) is 22.8 Å². The molecule has 3 aromatic rings. The summed E-state index contributed by atoms with van der Waals surface area (Å²) in [5, 5.41) is 23.8. The Morgan fingerprint density at radius 2 is 1.77 bits per heavy atom. The van der Waals surface area contributed by atoms with Crippen molar-refractivity contribution in [1.29, 1.82) is 0 Å². The number of nitrogens with one attached hydrogen (secondary N) is 2. The number of H-pyrrole nitrogens is 1. The first kappa shape index (κ1) is 20.6. The molecule has 0 fully saturated rings. The molecule has 0 atom stereocenters. The number of phenolic OH excluding ortho intramolecular Hbond substituents is 1. The lowest BCUT2D eigenvalue weighted by Crippen LogP contribution is -2.31. The Bertz CT molecular complexity index is 1220. The minimum atomic E-state index is -0.867. The molecule has 9 heteroatoms. The van der Waals surface area contributed by atoms with Crippen LogP contribution in [0.1, 0.15) is 41.3 Å². The Morgan fingerprint density at radius 3 is 2.40 bits per heavy atom. The number of aromatic nitrogens is 2. The van der Waals surface area contributed by atoms with E-state index >= 15 is 0 Å². The highest BCUT2D eigenvalue weighted by atomic mass is 16.3.